The zero-order valence-corrected chi connectivity index (χ0v) is 12.6. The van der Waals surface area contributed by atoms with Crippen LogP contribution in [0, 0.1) is 5.92 Å². The second kappa shape index (κ2) is 9.13. The molecule has 1 amide bonds. The van der Waals surface area contributed by atoms with Gasteiger partial charge in [-0.1, -0.05) is 26.0 Å². The van der Waals surface area contributed by atoms with Crippen LogP contribution in [0.2, 0.25) is 0 Å². The van der Waals surface area contributed by atoms with E-state index >= 15 is 0 Å². The number of ether oxygens (including phenoxy) is 1. The van der Waals surface area contributed by atoms with Gasteiger partial charge in [-0.3, -0.25) is 4.79 Å². The largest absolute Gasteiger partial charge is 0.478 e. The van der Waals surface area contributed by atoms with Crippen LogP contribution in [0.4, 0.5) is 0 Å². The molecule has 1 aromatic carbocycles. The third kappa shape index (κ3) is 7.46. The number of carboxylic acid groups (broad SMARTS) is 1. The van der Waals surface area contributed by atoms with Crippen LogP contribution in [0.5, 0.6) is 0 Å². The molecule has 0 aromatic heterocycles. The maximum atomic E-state index is 11.7. The number of carbonyl (C=O) groups excluding carboxylic acids is 1. The fourth-order valence-corrected chi connectivity index (χ4v) is 1.78. The van der Waals surface area contributed by atoms with Crippen molar-refractivity contribution < 1.29 is 19.4 Å². The molecule has 21 heavy (non-hydrogen) atoms. The Balaban J connectivity index is 2.24. The lowest BCUT2D eigenvalue weighted by Gasteiger charge is -2.08. The Bertz CT molecular complexity index is 471. The SMILES string of the molecule is CC(C)COCCCNC(=O)Cc1cccc(C(=O)O)c1. The van der Waals surface area contributed by atoms with Crippen molar-refractivity contribution in [2.24, 2.45) is 5.92 Å². The lowest BCUT2D eigenvalue weighted by molar-refractivity contribution is -0.120. The van der Waals surface area contributed by atoms with Gasteiger partial charge in [-0.15, -0.1) is 0 Å². The second-order valence-electron chi connectivity index (χ2n) is 5.35. The molecule has 116 valence electrons. The van der Waals surface area contributed by atoms with Gasteiger partial charge in [-0.25, -0.2) is 4.79 Å². The smallest absolute Gasteiger partial charge is 0.335 e. The predicted octanol–water partition coefficient (Wildman–Crippen LogP) is 2.11. The standard InChI is InChI=1S/C16H23NO4/c1-12(2)11-21-8-4-7-17-15(18)10-13-5-3-6-14(9-13)16(19)20/h3,5-6,9,12H,4,7-8,10-11H2,1-2H3,(H,17,18)(H,19,20). The highest BCUT2D eigenvalue weighted by atomic mass is 16.5. The molecule has 0 aliphatic carbocycles. The van der Waals surface area contributed by atoms with Gasteiger partial charge < -0.3 is 15.2 Å². The summed E-state index contributed by atoms with van der Waals surface area (Å²) in [5.74, 6) is -0.581. The molecule has 1 aromatic rings. The van der Waals surface area contributed by atoms with Crippen molar-refractivity contribution in [1.82, 2.24) is 5.32 Å². The summed E-state index contributed by atoms with van der Waals surface area (Å²) >= 11 is 0. The Hall–Kier alpha value is -1.88. The third-order valence-corrected chi connectivity index (χ3v) is 2.78. The van der Waals surface area contributed by atoms with E-state index in [1.807, 2.05) is 0 Å². The summed E-state index contributed by atoms with van der Waals surface area (Å²) < 4.78 is 5.42. The molecule has 1 rings (SSSR count). The number of hydrogen-bond donors (Lipinski definition) is 2. The summed E-state index contributed by atoms with van der Waals surface area (Å²) in [7, 11) is 0. The monoisotopic (exact) mass is 293 g/mol. The Morgan fingerprint density at radius 2 is 2.10 bits per heavy atom. The highest BCUT2D eigenvalue weighted by Crippen LogP contribution is 2.06. The van der Waals surface area contributed by atoms with Gasteiger partial charge in [0.15, 0.2) is 0 Å². The minimum Gasteiger partial charge on any atom is -0.478 e. The first-order valence-electron chi connectivity index (χ1n) is 7.15. The molecule has 0 bridgehead atoms. The lowest BCUT2D eigenvalue weighted by atomic mass is 10.1. The molecule has 0 atom stereocenters. The number of hydrogen-bond acceptors (Lipinski definition) is 3. The molecule has 0 aliphatic heterocycles. The minimum absolute atomic E-state index is 0.110. The third-order valence-electron chi connectivity index (χ3n) is 2.78. The van der Waals surface area contributed by atoms with Crippen molar-refractivity contribution in [1.29, 1.82) is 0 Å². The van der Waals surface area contributed by atoms with E-state index in [4.69, 9.17) is 9.84 Å². The first-order chi connectivity index (χ1) is 9.99. The van der Waals surface area contributed by atoms with Crippen LogP contribution in [-0.4, -0.2) is 36.7 Å². The molecule has 0 aliphatic rings. The summed E-state index contributed by atoms with van der Waals surface area (Å²) in [6.07, 6.45) is 0.960. The van der Waals surface area contributed by atoms with Gasteiger partial charge >= 0.3 is 5.97 Å². The average Bonchev–Trinajstić information content (AvgIpc) is 2.42. The fourth-order valence-electron chi connectivity index (χ4n) is 1.78. The van der Waals surface area contributed by atoms with Crippen LogP contribution in [-0.2, 0) is 16.0 Å². The normalized spacial score (nSPS) is 10.6. The summed E-state index contributed by atoms with van der Waals surface area (Å²) in [6, 6.07) is 6.42. The molecule has 0 saturated heterocycles. The number of carboxylic acids is 1. The molecular weight excluding hydrogens is 270 g/mol. The zero-order chi connectivity index (χ0) is 15.7. The van der Waals surface area contributed by atoms with E-state index in [1.165, 1.54) is 12.1 Å². The topological polar surface area (TPSA) is 75.6 Å². The van der Waals surface area contributed by atoms with Crippen molar-refractivity contribution in [3.63, 3.8) is 0 Å². The molecule has 0 heterocycles. The number of carbonyl (C=O) groups is 2. The van der Waals surface area contributed by atoms with Gasteiger partial charge in [-0.2, -0.15) is 0 Å². The van der Waals surface area contributed by atoms with Gasteiger partial charge in [-0.05, 0) is 30.0 Å². The minimum atomic E-state index is -0.987. The highest BCUT2D eigenvalue weighted by Gasteiger charge is 2.06. The van der Waals surface area contributed by atoms with Gasteiger partial charge in [0.25, 0.3) is 0 Å². The Labute approximate surface area is 125 Å². The summed E-state index contributed by atoms with van der Waals surface area (Å²) in [4.78, 5) is 22.6. The zero-order valence-electron chi connectivity index (χ0n) is 12.6. The highest BCUT2D eigenvalue weighted by molar-refractivity contribution is 5.88. The van der Waals surface area contributed by atoms with E-state index in [9.17, 15) is 9.59 Å². The quantitative estimate of drug-likeness (QED) is 0.684. The van der Waals surface area contributed by atoms with E-state index in [0.29, 0.717) is 24.6 Å². The molecule has 5 nitrogen and oxygen atoms in total. The molecular formula is C16H23NO4. The van der Waals surface area contributed by atoms with E-state index in [-0.39, 0.29) is 17.9 Å². The fraction of sp³-hybridized carbons (Fsp3) is 0.500. The Morgan fingerprint density at radius 3 is 2.76 bits per heavy atom. The number of nitrogens with one attached hydrogen (secondary N) is 1. The molecule has 0 radical (unpaired) electrons. The van der Waals surface area contributed by atoms with Crippen molar-refractivity contribution in [2.75, 3.05) is 19.8 Å². The van der Waals surface area contributed by atoms with Gasteiger partial charge in [0.2, 0.25) is 5.91 Å². The van der Waals surface area contributed by atoms with Crippen LogP contribution >= 0.6 is 0 Å². The van der Waals surface area contributed by atoms with Crippen molar-refractivity contribution in [3.05, 3.63) is 35.4 Å². The molecule has 2 N–H and O–H groups in total. The van der Waals surface area contributed by atoms with Gasteiger partial charge in [0.1, 0.15) is 0 Å². The van der Waals surface area contributed by atoms with Crippen LogP contribution in [0.15, 0.2) is 24.3 Å². The number of aromatic carboxylic acids is 1. The number of benzene rings is 1. The Morgan fingerprint density at radius 1 is 1.33 bits per heavy atom. The predicted molar refractivity (Wildman–Crippen MR) is 80.4 cm³/mol. The molecule has 5 heteroatoms. The summed E-state index contributed by atoms with van der Waals surface area (Å²) in [5.41, 5.74) is 0.894. The molecule has 0 unspecified atom stereocenters. The van der Waals surface area contributed by atoms with E-state index in [2.05, 4.69) is 19.2 Å². The maximum absolute atomic E-state index is 11.7. The van der Waals surface area contributed by atoms with Gasteiger partial charge in [0, 0.05) is 19.8 Å². The molecule has 0 spiro atoms. The first-order valence-corrected chi connectivity index (χ1v) is 7.15. The maximum Gasteiger partial charge on any atom is 0.335 e. The summed E-state index contributed by atoms with van der Waals surface area (Å²) in [5, 5.41) is 11.7. The molecule has 0 fully saturated rings. The van der Waals surface area contributed by atoms with Crippen LogP contribution in [0.25, 0.3) is 0 Å². The Kier molecular flexibility index (Phi) is 7.46. The van der Waals surface area contributed by atoms with Crippen LogP contribution in [0.1, 0.15) is 36.2 Å². The lowest BCUT2D eigenvalue weighted by Crippen LogP contribution is -2.27. The van der Waals surface area contributed by atoms with Crippen molar-refractivity contribution in [2.45, 2.75) is 26.7 Å². The molecule has 0 saturated carbocycles. The number of rotatable bonds is 9. The first kappa shape index (κ1) is 17.2. The summed E-state index contributed by atoms with van der Waals surface area (Å²) in [6.45, 7) is 6.11. The van der Waals surface area contributed by atoms with E-state index in [1.54, 1.807) is 12.1 Å². The van der Waals surface area contributed by atoms with Crippen molar-refractivity contribution >= 4 is 11.9 Å². The van der Waals surface area contributed by atoms with Crippen molar-refractivity contribution in [3.8, 4) is 0 Å². The van der Waals surface area contributed by atoms with E-state index in [0.717, 1.165) is 13.0 Å². The van der Waals surface area contributed by atoms with Crippen LogP contribution < -0.4 is 5.32 Å². The number of amides is 1. The van der Waals surface area contributed by atoms with Gasteiger partial charge in [0.05, 0.1) is 12.0 Å². The van der Waals surface area contributed by atoms with E-state index < -0.39 is 5.97 Å². The van der Waals surface area contributed by atoms with Crippen LogP contribution in [0.3, 0.4) is 0 Å². The second-order valence-corrected chi connectivity index (χ2v) is 5.35. The average molecular weight is 293 g/mol.